The van der Waals surface area contributed by atoms with Crippen LogP contribution >= 0.6 is 0 Å². The molecule has 0 radical (unpaired) electrons. The van der Waals surface area contributed by atoms with E-state index in [0.717, 1.165) is 48.5 Å². The van der Waals surface area contributed by atoms with Crippen molar-refractivity contribution in [3.8, 4) is 17.1 Å². The second-order valence-corrected chi connectivity index (χ2v) is 6.88. The predicted molar refractivity (Wildman–Crippen MR) is 107 cm³/mol. The SMILES string of the molecule is COc1cccc(CN2CCC[C@@H]2C(=O)Nc2cccc(-c3ncn[nH]3)c2)c1. The van der Waals surface area contributed by atoms with Crippen LogP contribution in [0.15, 0.2) is 54.9 Å². The fraction of sp³-hybridized carbons (Fsp3) is 0.286. The van der Waals surface area contributed by atoms with Crippen molar-refractivity contribution in [1.82, 2.24) is 20.1 Å². The summed E-state index contributed by atoms with van der Waals surface area (Å²) in [5.41, 5.74) is 2.79. The van der Waals surface area contributed by atoms with Crippen LogP contribution in [-0.4, -0.2) is 45.7 Å². The molecular formula is C21H23N5O2. The number of methoxy groups -OCH3 is 1. The highest BCUT2D eigenvalue weighted by atomic mass is 16.5. The standard InChI is InChI=1S/C21H23N5O2/c1-28-18-8-2-5-15(11-18)13-26-10-4-9-19(26)21(27)24-17-7-3-6-16(12-17)20-22-14-23-25-20/h2-3,5-8,11-12,14,19H,4,9-10,13H2,1H3,(H,24,27)(H,22,23,25)/t19-/m1/s1. The van der Waals surface area contributed by atoms with Crippen molar-refractivity contribution in [2.45, 2.75) is 25.4 Å². The van der Waals surface area contributed by atoms with E-state index in [4.69, 9.17) is 4.74 Å². The van der Waals surface area contributed by atoms with Crippen molar-refractivity contribution < 1.29 is 9.53 Å². The van der Waals surface area contributed by atoms with Crippen molar-refractivity contribution in [3.63, 3.8) is 0 Å². The highest BCUT2D eigenvalue weighted by Gasteiger charge is 2.30. The molecule has 28 heavy (non-hydrogen) atoms. The molecule has 0 saturated carbocycles. The first-order valence-corrected chi connectivity index (χ1v) is 9.36. The molecule has 0 aliphatic carbocycles. The molecule has 4 rings (SSSR count). The Morgan fingerprint density at radius 3 is 3.00 bits per heavy atom. The van der Waals surface area contributed by atoms with Crippen molar-refractivity contribution in [1.29, 1.82) is 0 Å². The normalized spacial score (nSPS) is 16.8. The highest BCUT2D eigenvalue weighted by molar-refractivity contribution is 5.95. The van der Waals surface area contributed by atoms with Crippen LogP contribution in [0.25, 0.3) is 11.4 Å². The second kappa shape index (κ2) is 8.22. The van der Waals surface area contributed by atoms with Gasteiger partial charge in [0.2, 0.25) is 5.91 Å². The molecular weight excluding hydrogens is 354 g/mol. The van der Waals surface area contributed by atoms with Crippen LogP contribution in [0, 0.1) is 0 Å². The predicted octanol–water partition coefficient (Wildman–Crippen LogP) is 3.08. The first-order valence-electron chi connectivity index (χ1n) is 9.36. The maximum Gasteiger partial charge on any atom is 0.241 e. The summed E-state index contributed by atoms with van der Waals surface area (Å²) in [7, 11) is 1.66. The van der Waals surface area contributed by atoms with Crippen LogP contribution in [0.4, 0.5) is 5.69 Å². The summed E-state index contributed by atoms with van der Waals surface area (Å²) in [6, 6.07) is 15.5. The number of ether oxygens (including phenoxy) is 1. The summed E-state index contributed by atoms with van der Waals surface area (Å²) in [6.07, 6.45) is 3.34. The molecule has 7 nitrogen and oxygen atoms in total. The van der Waals surface area contributed by atoms with Crippen LogP contribution in [-0.2, 0) is 11.3 Å². The minimum absolute atomic E-state index is 0.0233. The number of carbonyl (C=O) groups is 1. The molecule has 1 fully saturated rings. The van der Waals surface area contributed by atoms with Crippen molar-refractivity contribution in [3.05, 3.63) is 60.4 Å². The van der Waals surface area contributed by atoms with E-state index in [9.17, 15) is 4.79 Å². The summed E-state index contributed by atoms with van der Waals surface area (Å²) < 4.78 is 5.30. The number of rotatable bonds is 6. The molecule has 1 aromatic heterocycles. The molecule has 1 atom stereocenters. The zero-order valence-corrected chi connectivity index (χ0v) is 15.8. The Kier molecular flexibility index (Phi) is 5.34. The molecule has 0 unspecified atom stereocenters. The fourth-order valence-electron chi connectivity index (χ4n) is 3.63. The first-order chi connectivity index (χ1) is 13.7. The molecule has 1 amide bonds. The van der Waals surface area contributed by atoms with Crippen molar-refractivity contribution in [2.24, 2.45) is 0 Å². The number of carbonyl (C=O) groups excluding carboxylic acids is 1. The lowest BCUT2D eigenvalue weighted by molar-refractivity contribution is -0.120. The maximum absolute atomic E-state index is 12.9. The van der Waals surface area contributed by atoms with Gasteiger partial charge in [-0.3, -0.25) is 14.8 Å². The van der Waals surface area contributed by atoms with Gasteiger partial charge in [-0.05, 0) is 49.2 Å². The monoisotopic (exact) mass is 377 g/mol. The second-order valence-electron chi connectivity index (χ2n) is 6.88. The molecule has 2 aromatic carbocycles. The number of nitrogens with one attached hydrogen (secondary N) is 2. The summed E-state index contributed by atoms with van der Waals surface area (Å²) in [6.45, 7) is 1.64. The lowest BCUT2D eigenvalue weighted by atomic mass is 10.1. The number of benzene rings is 2. The summed E-state index contributed by atoms with van der Waals surface area (Å²) in [4.78, 5) is 19.3. The lowest BCUT2D eigenvalue weighted by Gasteiger charge is -2.24. The molecule has 7 heteroatoms. The van der Waals surface area contributed by atoms with Gasteiger partial charge in [0, 0.05) is 17.8 Å². The number of hydrogen-bond acceptors (Lipinski definition) is 5. The van der Waals surface area contributed by atoms with Gasteiger partial charge < -0.3 is 10.1 Å². The maximum atomic E-state index is 12.9. The zero-order chi connectivity index (χ0) is 19.3. The number of aromatic nitrogens is 3. The zero-order valence-electron chi connectivity index (χ0n) is 15.8. The Morgan fingerprint density at radius 1 is 1.29 bits per heavy atom. The minimum atomic E-state index is -0.139. The van der Waals surface area contributed by atoms with Gasteiger partial charge in [-0.15, -0.1) is 0 Å². The van der Waals surface area contributed by atoms with E-state index < -0.39 is 0 Å². The third-order valence-corrected chi connectivity index (χ3v) is 5.00. The third-order valence-electron chi connectivity index (χ3n) is 5.00. The van der Waals surface area contributed by atoms with Gasteiger partial charge in [0.1, 0.15) is 12.1 Å². The molecule has 1 aliphatic heterocycles. The number of hydrogen-bond donors (Lipinski definition) is 2. The Balaban J connectivity index is 1.44. The topological polar surface area (TPSA) is 83.1 Å². The summed E-state index contributed by atoms with van der Waals surface area (Å²) in [5.74, 6) is 1.54. The Bertz CT molecular complexity index is 941. The number of H-pyrrole nitrogens is 1. The van der Waals surface area contributed by atoms with Crippen molar-refractivity contribution >= 4 is 11.6 Å². The first kappa shape index (κ1) is 18.2. The van der Waals surface area contributed by atoms with Crippen molar-refractivity contribution in [2.75, 3.05) is 19.0 Å². The van der Waals surface area contributed by atoms with Gasteiger partial charge in [-0.2, -0.15) is 5.10 Å². The summed E-state index contributed by atoms with van der Waals surface area (Å²) >= 11 is 0. The highest BCUT2D eigenvalue weighted by Crippen LogP contribution is 2.24. The van der Waals surface area contributed by atoms with E-state index in [1.807, 2.05) is 42.5 Å². The Labute approximate surface area is 163 Å². The van der Waals surface area contributed by atoms with E-state index in [1.165, 1.54) is 6.33 Å². The van der Waals surface area contributed by atoms with Gasteiger partial charge in [0.05, 0.1) is 13.2 Å². The Morgan fingerprint density at radius 2 is 2.18 bits per heavy atom. The van der Waals surface area contributed by atoms with E-state index in [1.54, 1.807) is 7.11 Å². The molecule has 0 spiro atoms. The number of nitrogens with zero attached hydrogens (tertiary/aromatic N) is 3. The fourth-order valence-corrected chi connectivity index (χ4v) is 3.63. The molecule has 0 bridgehead atoms. The smallest absolute Gasteiger partial charge is 0.241 e. The van der Waals surface area contributed by atoms with Crippen LogP contribution in [0.1, 0.15) is 18.4 Å². The van der Waals surface area contributed by atoms with E-state index in [2.05, 4.69) is 31.5 Å². The van der Waals surface area contributed by atoms with Gasteiger partial charge in [0.15, 0.2) is 5.82 Å². The van der Waals surface area contributed by atoms with Crippen LogP contribution in [0.3, 0.4) is 0 Å². The van der Waals surface area contributed by atoms with E-state index in [-0.39, 0.29) is 11.9 Å². The number of anilines is 1. The number of aromatic amines is 1. The molecule has 2 N–H and O–H groups in total. The molecule has 3 aromatic rings. The largest absolute Gasteiger partial charge is 0.497 e. The number of likely N-dealkylation sites (tertiary alicyclic amines) is 1. The summed E-state index contributed by atoms with van der Waals surface area (Å²) in [5, 5.41) is 9.77. The van der Waals surface area contributed by atoms with Crippen LogP contribution in [0.2, 0.25) is 0 Å². The van der Waals surface area contributed by atoms with Crippen LogP contribution < -0.4 is 10.1 Å². The molecule has 2 heterocycles. The van der Waals surface area contributed by atoms with Gasteiger partial charge >= 0.3 is 0 Å². The quantitative estimate of drug-likeness (QED) is 0.690. The van der Waals surface area contributed by atoms with Crippen LogP contribution in [0.5, 0.6) is 5.75 Å². The average Bonchev–Trinajstić information content (AvgIpc) is 3.40. The average molecular weight is 377 g/mol. The van der Waals surface area contributed by atoms with E-state index in [0.29, 0.717) is 5.82 Å². The Hall–Kier alpha value is -3.19. The minimum Gasteiger partial charge on any atom is -0.497 e. The molecule has 144 valence electrons. The van der Waals surface area contributed by atoms with E-state index >= 15 is 0 Å². The van der Waals surface area contributed by atoms with Gasteiger partial charge in [0.25, 0.3) is 0 Å². The van der Waals surface area contributed by atoms with Gasteiger partial charge in [-0.25, -0.2) is 4.98 Å². The molecule has 1 aliphatic rings. The lowest BCUT2D eigenvalue weighted by Crippen LogP contribution is -2.39. The third kappa shape index (κ3) is 4.04. The van der Waals surface area contributed by atoms with Gasteiger partial charge in [-0.1, -0.05) is 24.3 Å². The number of amides is 1. The molecule has 1 saturated heterocycles.